The fourth-order valence-corrected chi connectivity index (χ4v) is 2.41. The molecule has 16 heavy (non-hydrogen) atoms. The maximum atomic E-state index is 5.72. The SMILES string of the molecule is Nc1cccc(SCCc2ccncc2)c1. The molecule has 0 bridgehead atoms. The minimum absolute atomic E-state index is 0.828. The lowest BCUT2D eigenvalue weighted by Crippen LogP contribution is -1.89. The highest BCUT2D eigenvalue weighted by molar-refractivity contribution is 7.99. The topological polar surface area (TPSA) is 38.9 Å². The minimum atomic E-state index is 0.828. The zero-order valence-electron chi connectivity index (χ0n) is 8.97. The van der Waals surface area contributed by atoms with Crippen molar-refractivity contribution in [3.63, 3.8) is 0 Å². The number of nitrogens with two attached hydrogens (primary N) is 1. The van der Waals surface area contributed by atoms with E-state index in [-0.39, 0.29) is 0 Å². The van der Waals surface area contributed by atoms with Gasteiger partial charge in [-0.1, -0.05) is 6.07 Å². The molecule has 0 aliphatic rings. The molecule has 0 radical (unpaired) electrons. The largest absolute Gasteiger partial charge is 0.399 e. The summed E-state index contributed by atoms with van der Waals surface area (Å²) >= 11 is 1.83. The zero-order valence-corrected chi connectivity index (χ0v) is 9.78. The molecule has 2 aromatic rings. The van der Waals surface area contributed by atoms with Gasteiger partial charge in [-0.2, -0.15) is 0 Å². The standard InChI is InChI=1S/C13H14N2S/c14-12-2-1-3-13(10-12)16-9-6-11-4-7-15-8-5-11/h1-5,7-8,10H,6,9,14H2. The van der Waals surface area contributed by atoms with Crippen LogP contribution in [0.25, 0.3) is 0 Å². The molecule has 0 amide bonds. The number of pyridine rings is 1. The van der Waals surface area contributed by atoms with Crippen LogP contribution in [0.2, 0.25) is 0 Å². The van der Waals surface area contributed by atoms with Gasteiger partial charge in [-0.15, -0.1) is 11.8 Å². The molecule has 0 spiro atoms. The summed E-state index contributed by atoms with van der Waals surface area (Å²) < 4.78 is 0. The van der Waals surface area contributed by atoms with Crippen LogP contribution in [0.1, 0.15) is 5.56 Å². The van der Waals surface area contributed by atoms with Crippen LogP contribution >= 0.6 is 11.8 Å². The van der Waals surface area contributed by atoms with E-state index in [2.05, 4.69) is 23.2 Å². The number of hydrogen-bond acceptors (Lipinski definition) is 3. The lowest BCUT2D eigenvalue weighted by molar-refractivity contribution is 1.13. The van der Waals surface area contributed by atoms with Crippen LogP contribution in [0.4, 0.5) is 5.69 Å². The summed E-state index contributed by atoms with van der Waals surface area (Å²) in [5.41, 5.74) is 7.87. The molecule has 1 heterocycles. The Bertz CT molecular complexity index is 443. The van der Waals surface area contributed by atoms with Crippen molar-refractivity contribution in [3.8, 4) is 0 Å². The van der Waals surface area contributed by atoms with Crippen LogP contribution in [0, 0.1) is 0 Å². The quantitative estimate of drug-likeness (QED) is 0.648. The molecule has 0 unspecified atom stereocenters. The fourth-order valence-electron chi connectivity index (χ4n) is 1.44. The third kappa shape index (κ3) is 3.28. The van der Waals surface area contributed by atoms with E-state index in [1.54, 1.807) is 0 Å². The molecular weight excluding hydrogens is 216 g/mol. The molecule has 0 fully saturated rings. The van der Waals surface area contributed by atoms with Gasteiger partial charge in [-0.3, -0.25) is 4.98 Å². The second-order valence-electron chi connectivity index (χ2n) is 3.53. The van der Waals surface area contributed by atoms with Crippen molar-refractivity contribution in [2.75, 3.05) is 11.5 Å². The number of hydrogen-bond donors (Lipinski definition) is 1. The normalized spacial score (nSPS) is 10.2. The van der Waals surface area contributed by atoms with Crippen molar-refractivity contribution in [1.82, 2.24) is 4.98 Å². The van der Waals surface area contributed by atoms with Crippen molar-refractivity contribution >= 4 is 17.4 Å². The molecule has 0 atom stereocenters. The van der Waals surface area contributed by atoms with Gasteiger partial charge < -0.3 is 5.73 Å². The molecule has 1 aromatic heterocycles. The van der Waals surface area contributed by atoms with E-state index in [0.29, 0.717) is 0 Å². The summed E-state index contributed by atoms with van der Waals surface area (Å²) in [6.07, 6.45) is 4.73. The molecule has 3 heteroatoms. The van der Waals surface area contributed by atoms with Gasteiger partial charge in [0.2, 0.25) is 0 Å². The number of thioether (sulfide) groups is 1. The summed E-state index contributed by atoms with van der Waals surface area (Å²) in [5, 5.41) is 0. The van der Waals surface area contributed by atoms with E-state index in [9.17, 15) is 0 Å². The summed E-state index contributed by atoms with van der Waals surface area (Å²) in [7, 11) is 0. The molecule has 1 aromatic carbocycles. The van der Waals surface area contributed by atoms with Gasteiger partial charge in [0.05, 0.1) is 0 Å². The van der Waals surface area contributed by atoms with Gasteiger partial charge >= 0.3 is 0 Å². The molecule has 0 aliphatic carbocycles. The molecule has 2 nitrogen and oxygen atoms in total. The smallest absolute Gasteiger partial charge is 0.0325 e. The average Bonchev–Trinajstić information content (AvgIpc) is 2.30. The maximum Gasteiger partial charge on any atom is 0.0325 e. The Morgan fingerprint density at radius 2 is 1.94 bits per heavy atom. The van der Waals surface area contributed by atoms with Crippen LogP contribution in [0.3, 0.4) is 0 Å². The summed E-state index contributed by atoms with van der Waals surface area (Å²) in [6, 6.07) is 12.1. The molecule has 0 saturated carbocycles. The van der Waals surface area contributed by atoms with Gasteiger partial charge in [0.1, 0.15) is 0 Å². The Kier molecular flexibility index (Phi) is 3.83. The Labute approximate surface area is 99.9 Å². The fraction of sp³-hybridized carbons (Fsp3) is 0.154. The first-order valence-corrected chi connectivity index (χ1v) is 6.20. The summed E-state index contributed by atoms with van der Waals surface area (Å²) in [6.45, 7) is 0. The second kappa shape index (κ2) is 5.56. The lowest BCUT2D eigenvalue weighted by Gasteiger charge is -2.02. The van der Waals surface area contributed by atoms with E-state index in [4.69, 9.17) is 5.73 Å². The van der Waals surface area contributed by atoms with Crippen LogP contribution in [0.15, 0.2) is 53.7 Å². The Morgan fingerprint density at radius 1 is 1.12 bits per heavy atom. The van der Waals surface area contributed by atoms with Crippen LogP contribution < -0.4 is 5.73 Å². The molecule has 82 valence electrons. The number of aryl methyl sites for hydroxylation is 1. The van der Waals surface area contributed by atoms with Gasteiger partial charge in [-0.05, 0) is 42.3 Å². The molecule has 2 rings (SSSR count). The first-order chi connectivity index (χ1) is 7.84. The van der Waals surface area contributed by atoms with Crippen molar-refractivity contribution in [3.05, 3.63) is 54.4 Å². The van der Waals surface area contributed by atoms with E-state index in [0.717, 1.165) is 17.9 Å². The van der Waals surface area contributed by atoms with Gasteiger partial charge in [-0.25, -0.2) is 0 Å². The number of anilines is 1. The second-order valence-corrected chi connectivity index (χ2v) is 4.69. The van der Waals surface area contributed by atoms with E-state index < -0.39 is 0 Å². The third-order valence-corrected chi connectivity index (χ3v) is 3.26. The first kappa shape index (κ1) is 11.0. The lowest BCUT2D eigenvalue weighted by atomic mass is 10.2. The van der Waals surface area contributed by atoms with Crippen LogP contribution in [-0.2, 0) is 6.42 Å². The third-order valence-electron chi connectivity index (χ3n) is 2.27. The van der Waals surface area contributed by atoms with Gasteiger partial charge in [0.25, 0.3) is 0 Å². The van der Waals surface area contributed by atoms with Gasteiger partial charge in [0.15, 0.2) is 0 Å². The monoisotopic (exact) mass is 230 g/mol. The van der Waals surface area contributed by atoms with E-state index in [1.165, 1.54) is 10.5 Å². The number of aromatic nitrogens is 1. The van der Waals surface area contributed by atoms with Crippen molar-refractivity contribution in [1.29, 1.82) is 0 Å². The predicted octanol–water partition coefficient (Wildman–Crippen LogP) is 3.00. The van der Waals surface area contributed by atoms with Crippen molar-refractivity contribution in [2.45, 2.75) is 11.3 Å². The Balaban J connectivity index is 1.85. The molecule has 2 N–H and O–H groups in total. The minimum Gasteiger partial charge on any atom is -0.399 e. The predicted molar refractivity (Wildman–Crippen MR) is 69.5 cm³/mol. The van der Waals surface area contributed by atoms with Crippen molar-refractivity contribution < 1.29 is 0 Å². The zero-order chi connectivity index (χ0) is 11.2. The van der Waals surface area contributed by atoms with Gasteiger partial charge in [0, 0.05) is 28.7 Å². The number of nitrogen functional groups attached to an aromatic ring is 1. The number of benzene rings is 1. The number of nitrogens with zero attached hydrogens (tertiary/aromatic N) is 1. The number of rotatable bonds is 4. The maximum absolute atomic E-state index is 5.72. The van der Waals surface area contributed by atoms with E-state index in [1.807, 2.05) is 42.4 Å². The Hall–Kier alpha value is -1.48. The van der Waals surface area contributed by atoms with Crippen LogP contribution in [0.5, 0.6) is 0 Å². The molecular formula is C13H14N2S. The summed E-state index contributed by atoms with van der Waals surface area (Å²) in [4.78, 5) is 5.23. The highest BCUT2D eigenvalue weighted by Crippen LogP contribution is 2.20. The van der Waals surface area contributed by atoms with Crippen LogP contribution in [-0.4, -0.2) is 10.7 Å². The Morgan fingerprint density at radius 3 is 2.69 bits per heavy atom. The average molecular weight is 230 g/mol. The summed E-state index contributed by atoms with van der Waals surface area (Å²) in [5.74, 6) is 1.06. The van der Waals surface area contributed by atoms with Crippen molar-refractivity contribution in [2.24, 2.45) is 0 Å². The van der Waals surface area contributed by atoms with E-state index >= 15 is 0 Å². The first-order valence-electron chi connectivity index (χ1n) is 5.22. The highest BCUT2D eigenvalue weighted by atomic mass is 32.2. The molecule has 0 aliphatic heterocycles. The molecule has 0 saturated heterocycles. The highest BCUT2D eigenvalue weighted by Gasteiger charge is 1.96.